The zero-order chi connectivity index (χ0) is 15.2. The van der Waals surface area contributed by atoms with Crippen molar-refractivity contribution in [3.05, 3.63) is 29.8 Å². The molecule has 1 unspecified atom stereocenters. The lowest BCUT2D eigenvalue weighted by Gasteiger charge is -2.33. The summed E-state index contributed by atoms with van der Waals surface area (Å²) in [5.41, 5.74) is 2.17. The van der Waals surface area contributed by atoms with Gasteiger partial charge in [0.05, 0.1) is 19.3 Å². The molecule has 0 bridgehead atoms. The number of rotatable bonds is 4. The first kappa shape index (κ1) is 15.6. The molecule has 5 heteroatoms. The SMILES string of the molecule is CC(C)Nc1cccc(CNC(=O)N2CCOCC2C)c1. The van der Waals surface area contributed by atoms with Gasteiger partial charge in [0.1, 0.15) is 0 Å². The Kier molecular flexibility index (Phi) is 5.44. The van der Waals surface area contributed by atoms with Crippen LogP contribution in [-0.2, 0) is 11.3 Å². The van der Waals surface area contributed by atoms with Crippen LogP contribution in [0, 0.1) is 0 Å². The van der Waals surface area contributed by atoms with E-state index in [-0.39, 0.29) is 12.1 Å². The molecule has 1 aliphatic rings. The Morgan fingerprint density at radius 3 is 3.00 bits per heavy atom. The third kappa shape index (κ3) is 4.63. The van der Waals surface area contributed by atoms with Crippen molar-refractivity contribution in [2.45, 2.75) is 39.4 Å². The average molecular weight is 291 g/mol. The maximum Gasteiger partial charge on any atom is 0.318 e. The van der Waals surface area contributed by atoms with Crippen molar-refractivity contribution in [3.8, 4) is 0 Å². The maximum absolute atomic E-state index is 12.2. The van der Waals surface area contributed by atoms with E-state index >= 15 is 0 Å². The smallest absolute Gasteiger partial charge is 0.318 e. The summed E-state index contributed by atoms with van der Waals surface area (Å²) in [6.45, 7) is 8.64. The summed E-state index contributed by atoms with van der Waals surface area (Å²) in [6, 6.07) is 8.64. The third-order valence-corrected chi connectivity index (χ3v) is 3.45. The highest BCUT2D eigenvalue weighted by Crippen LogP contribution is 2.12. The Labute approximate surface area is 126 Å². The number of nitrogens with one attached hydrogen (secondary N) is 2. The second-order valence-electron chi connectivity index (χ2n) is 5.78. The predicted octanol–water partition coefficient (Wildman–Crippen LogP) is 2.44. The first-order valence-electron chi connectivity index (χ1n) is 7.54. The minimum Gasteiger partial charge on any atom is -0.383 e. The monoisotopic (exact) mass is 291 g/mol. The van der Waals surface area contributed by atoms with Gasteiger partial charge in [-0.25, -0.2) is 4.79 Å². The summed E-state index contributed by atoms with van der Waals surface area (Å²) in [5, 5.41) is 6.35. The largest absolute Gasteiger partial charge is 0.383 e. The summed E-state index contributed by atoms with van der Waals surface area (Å²) in [7, 11) is 0. The molecule has 116 valence electrons. The number of hydrogen-bond donors (Lipinski definition) is 2. The molecule has 1 aliphatic heterocycles. The van der Waals surface area contributed by atoms with Crippen LogP contribution in [-0.4, -0.2) is 42.8 Å². The van der Waals surface area contributed by atoms with Gasteiger partial charge in [-0.05, 0) is 38.5 Å². The molecular formula is C16H25N3O2. The van der Waals surface area contributed by atoms with Crippen LogP contribution in [0.1, 0.15) is 26.3 Å². The number of nitrogens with zero attached hydrogens (tertiary/aromatic N) is 1. The molecule has 1 fully saturated rings. The molecule has 0 radical (unpaired) electrons. The van der Waals surface area contributed by atoms with E-state index in [1.165, 1.54) is 0 Å². The predicted molar refractivity (Wildman–Crippen MR) is 84.4 cm³/mol. The number of hydrogen-bond acceptors (Lipinski definition) is 3. The van der Waals surface area contributed by atoms with Gasteiger partial charge >= 0.3 is 6.03 Å². The van der Waals surface area contributed by atoms with Crippen molar-refractivity contribution in [2.75, 3.05) is 25.1 Å². The summed E-state index contributed by atoms with van der Waals surface area (Å²) in [5.74, 6) is 0. The molecule has 0 aromatic heterocycles. The van der Waals surface area contributed by atoms with E-state index in [1.807, 2.05) is 30.0 Å². The van der Waals surface area contributed by atoms with Crippen LogP contribution in [0.2, 0.25) is 0 Å². The highest BCUT2D eigenvalue weighted by Gasteiger charge is 2.23. The Morgan fingerprint density at radius 1 is 1.48 bits per heavy atom. The quantitative estimate of drug-likeness (QED) is 0.896. The molecule has 1 heterocycles. The maximum atomic E-state index is 12.2. The minimum absolute atomic E-state index is 0.0204. The lowest BCUT2D eigenvalue weighted by molar-refractivity contribution is 0.0190. The van der Waals surface area contributed by atoms with Gasteiger partial charge in [0.2, 0.25) is 0 Å². The lowest BCUT2D eigenvalue weighted by atomic mass is 10.2. The molecule has 21 heavy (non-hydrogen) atoms. The van der Waals surface area contributed by atoms with Crippen LogP contribution >= 0.6 is 0 Å². The van der Waals surface area contributed by atoms with Crippen LogP contribution in [0.4, 0.5) is 10.5 Å². The Hall–Kier alpha value is -1.75. The molecular weight excluding hydrogens is 266 g/mol. The van der Waals surface area contributed by atoms with Crippen LogP contribution in [0.25, 0.3) is 0 Å². The van der Waals surface area contributed by atoms with E-state index in [0.717, 1.165) is 11.3 Å². The fourth-order valence-electron chi connectivity index (χ4n) is 2.41. The second kappa shape index (κ2) is 7.31. The number of amides is 2. The zero-order valence-electron chi connectivity index (χ0n) is 13.1. The van der Waals surface area contributed by atoms with Crippen LogP contribution in [0.3, 0.4) is 0 Å². The van der Waals surface area contributed by atoms with E-state index in [4.69, 9.17) is 4.74 Å². The standard InChI is InChI=1S/C16H25N3O2/c1-12(2)18-15-6-4-5-14(9-15)10-17-16(20)19-7-8-21-11-13(19)3/h4-6,9,12-13,18H,7-8,10-11H2,1-3H3,(H,17,20). The summed E-state index contributed by atoms with van der Waals surface area (Å²) in [4.78, 5) is 14.0. The molecule has 0 aliphatic carbocycles. The van der Waals surface area contributed by atoms with E-state index in [0.29, 0.717) is 32.3 Å². The van der Waals surface area contributed by atoms with Gasteiger partial charge < -0.3 is 20.3 Å². The van der Waals surface area contributed by atoms with Gasteiger partial charge in [-0.2, -0.15) is 0 Å². The van der Waals surface area contributed by atoms with E-state index < -0.39 is 0 Å². The fraction of sp³-hybridized carbons (Fsp3) is 0.562. The van der Waals surface area contributed by atoms with Gasteiger partial charge in [0.15, 0.2) is 0 Å². The van der Waals surface area contributed by atoms with Gasteiger partial charge in [-0.3, -0.25) is 0 Å². The van der Waals surface area contributed by atoms with Crippen molar-refractivity contribution in [2.24, 2.45) is 0 Å². The molecule has 1 aromatic rings. The molecule has 2 amide bonds. The summed E-state index contributed by atoms with van der Waals surface area (Å²) < 4.78 is 5.35. The topological polar surface area (TPSA) is 53.6 Å². The number of ether oxygens (including phenoxy) is 1. The first-order chi connectivity index (χ1) is 10.1. The molecule has 2 N–H and O–H groups in total. The minimum atomic E-state index is -0.0204. The molecule has 1 aromatic carbocycles. The van der Waals surface area contributed by atoms with Gasteiger partial charge in [0, 0.05) is 24.8 Å². The highest BCUT2D eigenvalue weighted by atomic mass is 16.5. The number of benzene rings is 1. The normalized spacial score (nSPS) is 18.7. The van der Waals surface area contributed by atoms with Crippen LogP contribution < -0.4 is 10.6 Å². The number of anilines is 1. The average Bonchev–Trinajstić information content (AvgIpc) is 2.45. The summed E-state index contributed by atoms with van der Waals surface area (Å²) in [6.07, 6.45) is 0. The molecule has 1 saturated heterocycles. The number of morpholine rings is 1. The van der Waals surface area contributed by atoms with Crippen molar-refractivity contribution >= 4 is 11.7 Å². The molecule has 1 atom stereocenters. The summed E-state index contributed by atoms with van der Waals surface area (Å²) >= 11 is 0. The zero-order valence-corrected chi connectivity index (χ0v) is 13.1. The van der Waals surface area contributed by atoms with Crippen molar-refractivity contribution in [1.82, 2.24) is 10.2 Å². The van der Waals surface area contributed by atoms with E-state index in [1.54, 1.807) is 0 Å². The van der Waals surface area contributed by atoms with Crippen LogP contribution in [0.5, 0.6) is 0 Å². The Bertz CT molecular complexity index is 476. The van der Waals surface area contributed by atoms with Crippen LogP contribution in [0.15, 0.2) is 24.3 Å². The van der Waals surface area contributed by atoms with Crippen molar-refractivity contribution in [3.63, 3.8) is 0 Å². The molecule has 5 nitrogen and oxygen atoms in total. The highest BCUT2D eigenvalue weighted by molar-refractivity contribution is 5.74. The fourth-order valence-corrected chi connectivity index (χ4v) is 2.41. The van der Waals surface area contributed by atoms with Gasteiger partial charge in [-0.1, -0.05) is 12.1 Å². The second-order valence-corrected chi connectivity index (χ2v) is 5.78. The molecule has 2 rings (SSSR count). The van der Waals surface area contributed by atoms with Gasteiger partial charge in [-0.15, -0.1) is 0 Å². The molecule has 0 saturated carbocycles. The van der Waals surface area contributed by atoms with Crippen molar-refractivity contribution in [1.29, 1.82) is 0 Å². The van der Waals surface area contributed by atoms with E-state index in [9.17, 15) is 4.79 Å². The number of carbonyl (C=O) groups is 1. The number of urea groups is 1. The molecule has 0 spiro atoms. The number of carbonyl (C=O) groups excluding carboxylic acids is 1. The van der Waals surface area contributed by atoms with Crippen molar-refractivity contribution < 1.29 is 9.53 Å². The van der Waals surface area contributed by atoms with Gasteiger partial charge in [0.25, 0.3) is 0 Å². The Morgan fingerprint density at radius 2 is 2.29 bits per heavy atom. The third-order valence-electron chi connectivity index (χ3n) is 3.45. The van der Waals surface area contributed by atoms with E-state index in [2.05, 4.69) is 30.5 Å². The first-order valence-corrected chi connectivity index (χ1v) is 7.54. The lowest BCUT2D eigenvalue weighted by Crippen LogP contribution is -2.51. The Balaban J connectivity index is 1.88.